The van der Waals surface area contributed by atoms with Crippen molar-refractivity contribution in [3.63, 3.8) is 0 Å². The summed E-state index contributed by atoms with van der Waals surface area (Å²) < 4.78 is 5.64. The standard InChI is InChI=1S/C27H31N4O5/c1-2-3-13-36-14-7-12-29-17-24(32)30-23(27(29)33)16-21-20-10-4-5-11-22(20)28-25(21)26(30)18-8-6-9-19(15-18)31(34)35/h4-6,8-11,15,23,26,28,34H,2-3,7,12-14,16-17H2,1H3/q-1/t23-,26?/m0/s1. The predicted octanol–water partition coefficient (Wildman–Crippen LogP) is 3.75. The first-order valence-electron chi connectivity index (χ1n) is 12.5. The van der Waals surface area contributed by atoms with Crippen LogP contribution in [-0.2, 0) is 20.7 Å². The fraction of sp³-hybridized carbons (Fsp3) is 0.407. The van der Waals surface area contributed by atoms with E-state index in [-0.39, 0.29) is 29.3 Å². The zero-order valence-electron chi connectivity index (χ0n) is 20.4. The maximum atomic E-state index is 13.7. The van der Waals surface area contributed by atoms with E-state index in [1.54, 1.807) is 21.9 Å². The first-order chi connectivity index (χ1) is 17.5. The quantitative estimate of drug-likeness (QED) is 0.348. The second kappa shape index (κ2) is 10.3. The Morgan fingerprint density at radius 3 is 2.75 bits per heavy atom. The monoisotopic (exact) mass is 491 g/mol. The number of hydrogen-bond acceptors (Lipinski definition) is 6. The van der Waals surface area contributed by atoms with Gasteiger partial charge in [-0.05, 0) is 42.2 Å². The van der Waals surface area contributed by atoms with E-state index in [1.807, 2.05) is 30.3 Å². The second-order valence-electron chi connectivity index (χ2n) is 9.43. The van der Waals surface area contributed by atoms with Gasteiger partial charge in [-0.1, -0.05) is 43.7 Å². The summed E-state index contributed by atoms with van der Waals surface area (Å²) in [6.07, 6.45) is 3.17. The van der Waals surface area contributed by atoms with Crippen molar-refractivity contribution in [3.05, 3.63) is 70.6 Å². The van der Waals surface area contributed by atoms with Crippen molar-refractivity contribution in [2.75, 3.05) is 31.5 Å². The fourth-order valence-electron chi connectivity index (χ4n) is 5.38. The Labute approximate surface area is 209 Å². The lowest BCUT2D eigenvalue weighted by Gasteiger charge is -2.47. The molecular formula is C27H31N4O5-. The average molecular weight is 492 g/mol. The molecular weight excluding hydrogens is 460 g/mol. The summed E-state index contributed by atoms with van der Waals surface area (Å²) in [6.45, 7) is 3.85. The van der Waals surface area contributed by atoms with Crippen molar-refractivity contribution < 1.29 is 19.5 Å². The first kappa shape index (κ1) is 24.3. The van der Waals surface area contributed by atoms with Crippen LogP contribution < -0.4 is 5.23 Å². The largest absolute Gasteiger partial charge is 0.733 e. The van der Waals surface area contributed by atoms with Crippen LogP contribution in [0.1, 0.15) is 49.0 Å². The van der Waals surface area contributed by atoms with E-state index in [0.29, 0.717) is 38.2 Å². The van der Waals surface area contributed by atoms with Gasteiger partial charge in [0.2, 0.25) is 11.8 Å². The fourth-order valence-corrected chi connectivity index (χ4v) is 5.38. The molecule has 2 aliphatic heterocycles. The Bertz CT molecular complexity index is 1260. The summed E-state index contributed by atoms with van der Waals surface area (Å²) >= 11 is 0. The Balaban J connectivity index is 1.49. The van der Waals surface area contributed by atoms with Crippen molar-refractivity contribution in [2.45, 2.75) is 44.7 Å². The molecule has 2 amide bonds. The third kappa shape index (κ3) is 4.45. The highest BCUT2D eigenvalue weighted by Gasteiger charge is 2.48. The van der Waals surface area contributed by atoms with Crippen molar-refractivity contribution in [2.24, 2.45) is 0 Å². The zero-order valence-corrected chi connectivity index (χ0v) is 20.4. The lowest BCUT2D eigenvalue weighted by molar-refractivity contribution is -0.158. The zero-order chi connectivity index (χ0) is 25.2. The van der Waals surface area contributed by atoms with Crippen molar-refractivity contribution in [1.82, 2.24) is 14.8 Å². The molecule has 2 aliphatic rings. The Kier molecular flexibility index (Phi) is 6.95. The first-order valence-corrected chi connectivity index (χ1v) is 12.5. The molecule has 1 aromatic heterocycles. The lowest BCUT2D eigenvalue weighted by atomic mass is 9.86. The van der Waals surface area contributed by atoms with Crippen LogP contribution in [0.3, 0.4) is 0 Å². The van der Waals surface area contributed by atoms with E-state index in [4.69, 9.17) is 4.74 Å². The molecule has 190 valence electrons. The number of carbonyl (C=O) groups is 2. The third-order valence-electron chi connectivity index (χ3n) is 7.11. The van der Waals surface area contributed by atoms with Crippen LogP contribution in [0.15, 0.2) is 48.5 Å². The molecule has 0 spiro atoms. The smallest absolute Gasteiger partial charge is 0.246 e. The van der Waals surface area contributed by atoms with Gasteiger partial charge in [-0.3, -0.25) is 14.8 Å². The highest BCUT2D eigenvalue weighted by molar-refractivity contribution is 5.97. The van der Waals surface area contributed by atoms with Gasteiger partial charge in [0, 0.05) is 42.8 Å². The van der Waals surface area contributed by atoms with Crippen LogP contribution in [0.25, 0.3) is 10.9 Å². The number of para-hydroxylation sites is 1. The average Bonchev–Trinajstić information content (AvgIpc) is 3.26. The number of hydrogen-bond donors (Lipinski definition) is 2. The van der Waals surface area contributed by atoms with Crippen LogP contribution >= 0.6 is 0 Å². The van der Waals surface area contributed by atoms with E-state index >= 15 is 0 Å². The number of benzene rings is 2. The maximum absolute atomic E-state index is 13.7. The minimum atomic E-state index is -0.648. The van der Waals surface area contributed by atoms with Crippen LogP contribution in [-0.4, -0.2) is 64.2 Å². The highest BCUT2D eigenvalue weighted by Crippen LogP contribution is 2.43. The number of fused-ring (bicyclic) bond motifs is 4. The molecule has 9 nitrogen and oxygen atoms in total. The van der Waals surface area contributed by atoms with Gasteiger partial charge < -0.3 is 30.0 Å². The minimum Gasteiger partial charge on any atom is -0.733 e. The highest BCUT2D eigenvalue weighted by atomic mass is 16.8. The molecule has 0 radical (unpaired) electrons. The van der Waals surface area contributed by atoms with Crippen LogP contribution in [0.2, 0.25) is 0 Å². The van der Waals surface area contributed by atoms with Gasteiger partial charge in [0.05, 0.1) is 18.3 Å². The number of piperazine rings is 1. The van der Waals surface area contributed by atoms with Gasteiger partial charge in [-0.2, -0.15) is 0 Å². The summed E-state index contributed by atoms with van der Waals surface area (Å²) in [5, 5.41) is 21.9. The van der Waals surface area contributed by atoms with Gasteiger partial charge in [-0.25, -0.2) is 0 Å². The van der Waals surface area contributed by atoms with Crippen molar-refractivity contribution in [1.29, 1.82) is 0 Å². The number of carbonyl (C=O) groups excluding carboxylic acids is 2. The normalized spacial score (nSPS) is 19.5. The number of nitrogens with zero attached hydrogens (tertiary/aromatic N) is 3. The molecule has 1 fully saturated rings. The predicted molar refractivity (Wildman–Crippen MR) is 135 cm³/mol. The van der Waals surface area contributed by atoms with Crippen molar-refractivity contribution in [3.8, 4) is 0 Å². The molecule has 2 N–H and O–H groups in total. The molecule has 9 heteroatoms. The number of rotatable bonds is 9. The number of anilines is 1. The van der Waals surface area contributed by atoms with Gasteiger partial charge in [0.25, 0.3) is 0 Å². The molecule has 2 atom stereocenters. The number of unbranched alkanes of at least 4 members (excludes halogenated alkanes) is 1. The molecule has 1 saturated heterocycles. The summed E-state index contributed by atoms with van der Waals surface area (Å²) in [7, 11) is 0. The second-order valence-corrected chi connectivity index (χ2v) is 9.43. The molecule has 0 saturated carbocycles. The minimum absolute atomic E-state index is 0.00370. The molecule has 2 aromatic carbocycles. The van der Waals surface area contributed by atoms with Crippen LogP contribution in [0, 0.1) is 5.21 Å². The van der Waals surface area contributed by atoms with Crippen molar-refractivity contribution >= 4 is 28.4 Å². The summed E-state index contributed by atoms with van der Waals surface area (Å²) in [6, 6.07) is 13.2. The number of H-pyrrole nitrogens is 1. The number of aromatic amines is 1. The van der Waals surface area contributed by atoms with Gasteiger partial charge in [0.1, 0.15) is 6.04 Å². The Morgan fingerprint density at radius 1 is 1.14 bits per heavy atom. The van der Waals surface area contributed by atoms with Gasteiger partial charge >= 0.3 is 0 Å². The van der Waals surface area contributed by atoms with Crippen LogP contribution in [0.5, 0.6) is 0 Å². The summed E-state index contributed by atoms with van der Waals surface area (Å²) in [5.41, 5.74) is 3.47. The van der Waals surface area contributed by atoms with Crippen LogP contribution in [0.4, 0.5) is 5.69 Å². The molecule has 3 heterocycles. The molecule has 36 heavy (non-hydrogen) atoms. The topological polar surface area (TPSA) is 112 Å². The van der Waals surface area contributed by atoms with Gasteiger partial charge in [-0.15, -0.1) is 0 Å². The van der Waals surface area contributed by atoms with E-state index in [1.165, 1.54) is 6.07 Å². The number of amides is 2. The van der Waals surface area contributed by atoms with E-state index < -0.39 is 12.1 Å². The van der Waals surface area contributed by atoms with E-state index in [0.717, 1.165) is 35.0 Å². The van der Waals surface area contributed by atoms with E-state index in [9.17, 15) is 20.0 Å². The molecule has 3 aromatic rings. The Morgan fingerprint density at radius 2 is 1.94 bits per heavy atom. The van der Waals surface area contributed by atoms with Gasteiger partial charge in [0.15, 0.2) is 0 Å². The molecule has 1 unspecified atom stereocenters. The molecule has 0 bridgehead atoms. The summed E-state index contributed by atoms with van der Waals surface area (Å²) in [5.74, 6) is -0.220. The number of ether oxygens (including phenoxy) is 1. The maximum Gasteiger partial charge on any atom is 0.246 e. The lowest BCUT2D eigenvalue weighted by Crippen LogP contribution is -2.63. The third-order valence-corrected chi connectivity index (χ3v) is 7.11. The molecule has 0 aliphatic carbocycles. The number of nitrogens with one attached hydrogen (secondary N) is 1. The number of aromatic nitrogens is 1. The Hall–Kier alpha value is -3.40. The van der Waals surface area contributed by atoms with E-state index in [2.05, 4.69) is 11.9 Å². The SMILES string of the molecule is CCCCOCCCN1CC(=O)N2C(c3cccc(N([O-])O)c3)c3[nH]c4ccccc4c3C[C@H]2C1=O. The summed E-state index contributed by atoms with van der Waals surface area (Å²) in [4.78, 5) is 34.0. The molecule has 5 rings (SSSR count).